The number of thioether (sulfide) groups is 1. The highest BCUT2D eigenvalue weighted by atomic mass is 127. The molecule has 0 bridgehead atoms. The molecule has 0 saturated heterocycles. The van der Waals surface area contributed by atoms with Crippen molar-refractivity contribution in [3.05, 3.63) is 24.7 Å². The highest BCUT2D eigenvalue weighted by Crippen LogP contribution is 2.38. The quantitative estimate of drug-likeness (QED) is 0.460. The highest BCUT2D eigenvalue weighted by molar-refractivity contribution is 14.1. The Morgan fingerprint density at radius 1 is 1.31 bits per heavy atom. The Morgan fingerprint density at radius 3 is 2.77 bits per heavy atom. The smallest absolute Gasteiger partial charge is 0.0801 e. The summed E-state index contributed by atoms with van der Waals surface area (Å²) < 4.78 is 4.12. The van der Waals surface area contributed by atoms with Gasteiger partial charge in [-0.05, 0) is 69.6 Å². The van der Waals surface area contributed by atoms with Crippen molar-refractivity contribution >= 4 is 78.4 Å². The van der Waals surface area contributed by atoms with Gasteiger partial charge in [-0.2, -0.15) is 0 Å². The molecule has 1 aromatic heterocycles. The normalized spacial score (nSPS) is 11.0. The van der Waals surface area contributed by atoms with Gasteiger partial charge in [-0.1, -0.05) is 0 Å². The van der Waals surface area contributed by atoms with Crippen LogP contribution in [-0.2, 0) is 0 Å². The van der Waals surface area contributed by atoms with Gasteiger partial charge in [-0.25, -0.2) is 0 Å². The van der Waals surface area contributed by atoms with E-state index in [0.29, 0.717) is 0 Å². The zero-order chi connectivity index (χ0) is 9.42. The SMILES string of the molecule is CSc1c(I)sc2ccc(I)cc12. The van der Waals surface area contributed by atoms with Crippen molar-refractivity contribution in [2.24, 2.45) is 0 Å². The van der Waals surface area contributed by atoms with Gasteiger partial charge in [0, 0.05) is 18.6 Å². The molecular weight excluding hydrogens is 426 g/mol. The van der Waals surface area contributed by atoms with Crippen LogP contribution in [0.1, 0.15) is 0 Å². The Balaban J connectivity index is 2.80. The number of hydrogen-bond donors (Lipinski definition) is 0. The van der Waals surface area contributed by atoms with Crippen LogP contribution in [0.15, 0.2) is 23.1 Å². The summed E-state index contributed by atoms with van der Waals surface area (Å²) in [6.07, 6.45) is 2.14. The van der Waals surface area contributed by atoms with E-state index in [-0.39, 0.29) is 0 Å². The molecule has 0 radical (unpaired) electrons. The van der Waals surface area contributed by atoms with E-state index in [2.05, 4.69) is 69.6 Å². The topological polar surface area (TPSA) is 0 Å². The fourth-order valence-electron chi connectivity index (χ4n) is 1.21. The summed E-state index contributed by atoms with van der Waals surface area (Å²) in [6.45, 7) is 0. The average molecular weight is 432 g/mol. The minimum Gasteiger partial charge on any atom is -0.128 e. The molecular formula is C9H6I2S2. The van der Waals surface area contributed by atoms with Crippen LogP contribution in [0, 0.1) is 6.45 Å². The fourth-order valence-corrected chi connectivity index (χ4v) is 5.15. The second-order valence-corrected chi connectivity index (χ2v) is 7.47. The molecule has 0 spiro atoms. The average Bonchev–Trinajstić information content (AvgIpc) is 2.40. The predicted octanol–water partition coefficient (Wildman–Crippen LogP) is 4.83. The van der Waals surface area contributed by atoms with Crippen LogP contribution in [0.25, 0.3) is 10.1 Å². The maximum absolute atomic E-state index is 2.42. The van der Waals surface area contributed by atoms with E-state index < -0.39 is 0 Å². The first kappa shape index (κ1) is 10.5. The summed E-state index contributed by atoms with van der Waals surface area (Å²) in [5.41, 5.74) is 0. The van der Waals surface area contributed by atoms with Crippen molar-refractivity contribution in [1.29, 1.82) is 0 Å². The first-order valence-electron chi connectivity index (χ1n) is 3.64. The van der Waals surface area contributed by atoms with Crippen LogP contribution in [0.3, 0.4) is 0 Å². The van der Waals surface area contributed by atoms with Crippen molar-refractivity contribution < 1.29 is 0 Å². The molecule has 0 aliphatic rings. The zero-order valence-electron chi connectivity index (χ0n) is 6.80. The summed E-state index contributed by atoms with van der Waals surface area (Å²) in [5.74, 6) is 0. The number of hydrogen-bond acceptors (Lipinski definition) is 2. The van der Waals surface area contributed by atoms with Crippen molar-refractivity contribution in [1.82, 2.24) is 0 Å². The molecule has 0 unspecified atom stereocenters. The maximum Gasteiger partial charge on any atom is 0.0801 e. The minimum atomic E-state index is 1.31. The number of thiophene rings is 1. The van der Waals surface area contributed by atoms with Crippen molar-refractivity contribution in [2.75, 3.05) is 6.26 Å². The van der Waals surface area contributed by atoms with Crippen LogP contribution >= 0.6 is 68.3 Å². The fraction of sp³-hybridized carbons (Fsp3) is 0.111. The molecule has 13 heavy (non-hydrogen) atoms. The van der Waals surface area contributed by atoms with Gasteiger partial charge < -0.3 is 0 Å². The molecule has 0 nitrogen and oxygen atoms in total. The molecule has 0 amide bonds. The van der Waals surface area contributed by atoms with Gasteiger partial charge in [0.05, 0.1) is 2.88 Å². The Kier molecular flexibility index (Phi) is 3.43. The monoisotopic (exact) mass is 432 g/mol. The van der Waals surface area contributed by atoms with E-state index >= 15 is 0 Å². The number of rotatable bonds is 1. The second-order valence-electron chi connectivity index (χ2n) is 2.55. The summed E-state index contributed by atoms with van der Waals surface area (Å²) in [5, 5.41) is 1.41. The predicted molar refractivity (Wildman–Crippen MR) is 79.0 cm³/mol. The third kappa shape index (κ3) is 2.00. The number of benzene rings is 1. The van der Waals surface area contributed by atoms with Crippen LogP contribution in [-0.4, -0.2) is 6.26 Å². The Hall–Kier alpha value is 0.990. The van der Waals surface area contributed by atoms with E-state index in [1.807, 2.05) is 23.1 Å². The molecule has 0 atom stereocenters. The lowest BCUT2D eigenvalue weighted by Gasteiger charge is -1.95. The van der Waals surface area contributed by atoms with Crippen molar-refractivity contribution in [2.45, 2.75) is 4.90 Å². The molecule has 0 fully saturated rings. The molecule has 68 valence electrons. The molecule has 1 aromatic carbocycles. The van der Waals surface area contributed by atoms with Crippen LogP contribution in [0.2, 0.25) is 0 Å². The molecule has 0 N–H and O–H groups in total. The lowest BCUT2D eigenvalue weighted by Crippen LogP contribution is -1.71. The van der Waals surface area contributed by atoms with Crippen molar-refractivity contribution in [3.63, 3.8) is 0 Å². The lowest BCUT2D eigenvalue weighted by atomic mass is 10.3. The van der Waals surface area contributed by atoms with Crippen LogP contribution in [0.5, 0.6) is 0 Å². The van der Waals surface area contributed by atoms with Crippen LogP contribution in [0.4, 0.5) is 0 Å². The van der Waals surface area contributed by atoms with Crippen molar-refractivity contribution in [3.8, 4) is 0 Å². The van der Waals surface area contributed by atoms with Gasteiger partial charge in [0.15, 0.2) is 0 Å². The molecule has 1 heterocycles. The first-order valence-corrected chi connectivity index (χ1v) is 7.84. The molecule has 0 aliphatic heterocycles. The standard InChI is InChI=1S/C9H6I2S2/c1-12-8-6-4-5(10)2-3-7(6)13-9(8)11/h2-4H,1H3. The van der Waals surface area contributed by atoms with E-state index in [4.69, 9.17) is 0 Å². The third-order valence-electron chi connectivity index (χ3n) is 1.77. The largest absolute Gasteiger partial charge is 0.128 e. The van der Waals surface area contributed by atoms with Crippen LogP contribution < -0.4 is 0 Å². The Morgan fingerprint density at radius 2 is 2.08 bits per heavy atom. The van der Waals surface area contributed by atoms with E-state index in [1.165, 1.54) is 21.4 Å². The number of fused-ring (bicyclic) bond motifs is 1. The summed E-state index contributed by atoms with van der Waals surface area (Å²) in [6, 6.07) is 6.64. The Labute approximate surface area is 113 Å². The van der Waals surface area contributed by atoms with E-state index in [1.54, 1.807) is 0 Å². The minimum absolute atomic E-state index is 1.31. The molecule has 0 aliphatic carbocycles. The third-order valence-corrected chi connectivity index (χ3v) is 5.93. The van der Waals surface area contributed by atoms with E-state index in [0.717, 1.165) is 0 Å². The lowest BCUT2D eigenvalue weighted by molar-refractivity contribution is 1.60. The van der Waals surface area contributed by atoms with E-state index in [9.17, 15) is 0 Å². The molecule has 4 heteroatoms. The summed E-state index contributed by atoms with van der Waals surface area (Å²) in [7, 11) is 0. The number of halogens is 2. The molecule has 2 rings (SSSR count). The van der Waals surface area contributed by atoms with Gasteiger partial charge in [0.1, 0.15) is 0 Å². The van der Waals surface area contributed by atoms with Gasteiger partial charge in [-0.3, -0.25) is 0 Å². The van der Waals surface area contributed by atoms with Gasteiger partial charge in [-0.15, -0.1) is 23.1 Å². The second kappa shape index (κ2) is 4.24. The summed E-state index contributed by atoms with van der Waals surface area (Å²) in [4.78, 5) is 1.43. The zero-order valence-corrected chi connectivity index (χ0v) is 12.8. The van der Waals surface area contributed by atoms with Gasteiger partial charge >= 0.3 is 0 Å². The van der Waals surface area contributed by atoms with Gasteiger partial charge in [0.25, 0.3) is 0 Å². The molecule has 2 aromatic rings. The van der Waals surface area contributed by atoms with Gasteiger partial charge in [0.2, 0.25) is 0 Å². The maximum atomic E-state index is 2.42. The first-order chi connectivity index (χ1) is 6.22. The molecule has 0 saturated carbocycles. The summed E-state index contributed by atoms with van der Waals surface area (Å²) >= 11 is 8.50. The highest BCUT2D eigenvalue weighted by Gasteiger charge is 2.08. The Bertz CT molecular complexity index is 448.